The van der Waals surface area contributed by atoms with Crippen molar-refractivity contribution in [3.63, 3.8) is 0 Å². The highest BCUT2D eigenvalue weighted by Gasteiger charge is 2.65. The minimum Gasteiger partial charge on any atom is -0.444 e. The van der Waals surface area contributed by atoms with Gasteiger partial charge in [0.2, 0.25) is 0 Å². The molecular formula is C12H19NO3. The summed E-state index contributed by atoms with van der Waals surface area (Å²) in [6.07, 6.45) is 2.90. The first-order valence-corrected chi connectivity index (χ1v) is 5.82. The number of amides is 1. The summed E-state index contributed by atoms with van der Waals surface area (Å²) in [5.41, 5.74) is -0.142. The summed E-state index contributed by atoms with van der Waals surface area (Å²) < 4.78 is 5.05. The molecule has 0 saturated heterocycles. The molecule has 0 aliphatic heterocycles. The van der Waals surface area contributed by atoms with Crippen LogP contribution in [0.25, 0.3) is 0 Å². The second kappa shape index (κ2) is 3.47. The summed E-state index contributed by atoms with van der Waals surface area (Å²) in [6.45, 7) is 5.51. The van der Waals surface area contributed by atoms with Gasteiger partial charge in [0.25, 0.3) is 0 Å². The van der Waals surface area contributed by atoms with Crippen molar-refractivity contribution in [2.75, 3.05) is 6.54 Å². The van der Waals surface area contributed by atoms with Crippen molar-refractivity contribution >= 4 is 11.9 Å². The van der Waals surface area contributed by atoms with Crippen LogP contribution in [0.15, 0.2) is 0 Å². The number of ketones is 1. The van der Waals surface area contributed by atoms with E-state index >= 15 is 0 Å². The van der Waals surface area contributed by atoms with E-state index in [1.165, 1.54) is 12.8 Å². The van der Waals surface area contributed by atoms with Crippen LogP contribution in [0.2, 0.25) is 0 Å². The summed E-state index contributed by atoms with van der Waals surface area (Å²) in [5, 5.41) is 2.52. The van der Waals surface area contributed by atoms with E-state index in [1.54, 1.807) is 20.8 Å². The fourth-order valence-corrected chi connectivity index (χ4v) is 2.11. The third kappa shape index (κ3) is 2.54. The first-order valence-electron chi connectivity index (χ1n) is 5.82. The van der Waals surface area contributed by atoms with Gasteiger partial charge in [0, 0.05) is 5.92 Å². The number of hydrogen-bond acceptors (Lipinski definition) is 3. The molecule has 1 N–H and O–H groups in total. The smallest absolute Gasteiger partial charge is 0.408 e. The number of hydrogen-bond donors (Lipinski definition) is 1. The Labute approximate surface area is 95.7 Å². The highest BCUT2D eigenvalue weighted by atomic mass is 16.6. The number of carbonyl (C=O) groups excluding carboxylic acids is 2. The van der Waals surface area contributed by atoms with Crippen molar-refractivity contribution < 1.29 is 14.3 Å². The zero-order valence-corrected chi connectivity index (χ0v) is 10.1. The Morgan fingerprint density at radius 2 is 2.00 bits per heavy atom. The SMILES string of the molecule is CC(C)(C)OC(=O)NCC(=O)C1CC12CC2. The molecule has 4 heteroatoms. The van der Waals surface area contributed by atoms with Gasteiger partial charge in [-0.3, -0.25) is 4.79 Å². The van der Waals surface area contributed by atoms with Crippen molar-refractivity contribution in [3.05, 3.63) is 0 Å². The molecule has 0 heterocycles. The standard InChI is InChI=1S/C12H19NO3/c1-11(2,3)16-10(15)13-7-9(14)8-6-12(8)4-5-12/h8H,4-7H2,1-3H3,(H,13,15). The van der Waals surface area contributed by atoms with Crippen LogP contribution >= 0.6 is 0 Å². The highest BCUT2D eigenvalue weighted by molar-refractivity contribution is 5.89. The normalized spacial score (nSPS) is 25.1. The first-order chi connectivity index (χ1) is 7.32. The molecule has 1 spiro atoms. The van der Waals surface area contributed by atoms with Crippen molar-refractivity contribution in [1.82, 2.24) is 5.32 Å². The van der Waals surface area contributed by atoms with Crippen LogP contribution in [-0.4, -0.2) is 24.0 Å². The van der Waals surface area contributed by atoms with Crippen LogP contribution in [0.1, 0.15) is 40.0 Å². The summed E-state index contributed by atoms with van der Waals surface area (Å²) in [5.74, 6) is 0.366. The number of carbonyl (C=O) groups is 2. The Kier molecular flexibility index (Phi) is 2.48. The maximum Gasteiger partial charge on any atom is 0.408 e. The van der Waals surface area contributed by atoms with E-state index in [-0.39, 0.29) is 18.2 Å². The van der Waals surface area contributed by atoms with Crippen LogP contribution < -0.4 is 5.32 Å². The molecule has 0 aromatic heterocycles. The summed E-state index contributed by atoms with van der Waals surface area (Å²) in [7, 11) is 0. The van der Waals surface area contributed by atoms with Crippen molar-refractivity contribution in [2.24, 2.45) is 11.3 Å². The molecule has 2 aliphatic rings. The van der Waals surface area contributed by atoms with Crippen LogP contribution in [0.5, 0.6) is 0 Å². The average molecular weight is 225 g/mol. The molecule has 0 aromatic carbocycles. The van der Waals surface area contributed by atoms with Crippen LogP contribution in [-0.2, 0) is 9.53 Å². The van der Waals surface area contributed by atoms with Gasteiger partial charge < -0.3 is 10.1 Å². The Morgan fingerprint density at radius 1 is 1.38 bits per heavy atom. The van der Waals surface area contributed by atoms with E-state index in [4.69, 9.17) is 4.74 Å². The quantitative estimate of drug-likeness (QED) is 0.797. The van der Waals surface area contributed by atoms with Gasteiger partial charge in [0.1, 0.15) is 5.60 Å². The average Bonchev–Trinajstić information content (AvgIpc) is 3.01. The van der Waals surface area contributed by atoms with E-state index in [0.29, 0.717) is 5.41 Å². The van der Waals surface area contributed by atoms with Crippen LogP contribution in [0.4, 0.5) is 4.79 Å². The molecule has 0 radical (unpaired) electrons. The first kappa shape index (κ1) is 11.4. The minimum absolute atomic E-state index is 0.112. The van der Waals surface area contributed by atoms with Crippen molar-refractivity contribution in [2.45, 2.75) is 45.6 Å². The maximum atomic E-state index is 11.7. The molecule has 4 nitrogen and oxygen atoms in total. The fraction of sp³-hybridized carbons (Fsp3) is 0.833. The van der Waals surface area contributed by atoms with E-state index in [0.717, 1.165) is 6.42 Å². The number of rotatable bonds is 3. The van der Waals surface area contributed by atoms with Crippen molar-refractivity contribution in [1.29, 1.82) is 0 Å². The van der Waals surface area contributed by atoms with Gasteiger partial charge in [0.15, 0.2) is 5.78 Å². The zero-order valence-electron chi connectivity index (χ0n) is 10.1. The number of alkyl carbamates (subject to hydrolysis) is 1. The van der Waals surface area contributed by atoms with Gasteiger partial charge in [-0.05, 0) is 45.4 Å². The summed E-state index contributed by atoms with van der Waals surface area (Å²) >= 11 is 0. The Balaban J connectivity index is 1.67. The molecule has 2 fully saturated rings. The van der Waals surface area contributed by atoms with Gasteiger partial charge >= 0.3 is 6.09 Å². The molecule has 1 atom stereocenters. The molecule has 2 rings (SSSR count). The van der Waals surface area contributed by atoms with E-state index in [9.17, 15) is 9.59 Å². The second-order valence-corrected chi connectivity index (χ2v) is 5.94. The van der Waals surface area contributed by atoms with Gasteiger partial charge in [-0.25, -0.2) is 4.79 Å². The topological polar surface area (TPSA) is 55.4 Å². The van der Waals surface area contributed by atoms with Crippen molar-refractivity contribution in [3.8, 4) is 0 Å². The van der Waals surface area contributed by atoms with Gasteiger partial charge in [-0.1, -0.05) is 0 Å². The van der Waals surface area contributed by atoms with Gasteiger partial charge in [-0.15, -0.1) is 0 Å². The fourth-order valence-electron chi connectivity index (χ4n) is 2.11. The monoisotopic (exact) mass is 225 g/mol. The lowest BCUT2D eigenvalue weighted by molar-refractivity contribution is -0.119. The third-order valence-corrected chi connectivity index (χ3v) is 3.28. The number of ether oxygens (including phenoxy) is 1. The molecular weight excluding hydrogens is 206 g/mol. The number of Topliss-reactive ketones (excluding diaryl/α,β-unsaturated/α-hetero) is 1. The Hall–Kier alpha value is -1.06. The molecule has 0 aromatic rings. The molecule has 1 amide bonds. The van der Waals surface area contributed by atoms with Gasteiger partial charge in [-0.2, -0.15) is 0 Å². The minimum atomic E-state index is -0.509. The maximum absolute atomic E-state index is 11.7. The van der Waals surface area contributed by atoms with Gasteiger partial charge in [0.05, 0.1) is 6.54 Å². The molecule has 1 unspecified atom stereocenters. The van der Waals surface area contributed by atoms with Crippen LogP contribution in [0.3, 0.4) is 0 Å². The lowest BCUT2D eigenvalue weighted by Gasteiger charge is -2.19. The lowest BCUT2D eigenvalue weighted by Crippen LogP contribution is -2.36. The number of nitrogens with one attached hydrogen (secondary N) is 1. The lowest BCUT2D eigenvalue weighted by atomic mass is 10.2. The van der Waals surface area contributed by atoms with E-state index in [2.05, 4.69) is 5.32 Å². The molecule has 16 heavy (non-hydrogen) atoms. The highest BCUT2D eigenvalue weighted by Crippen LogP contribution is 2.70. The van der Waals surface area contributed by atoms with E-state index in [1.807, 2.05) is 0 Å². The Morgan fingerprint density at radius 3 is 2.44 bits per heavy atom. The second-order valence-electron chi connectivity index (χ2n) is 5.94. The molecule has 0 bridgehead atoms. The molecule has 2 aliphatic carbocycles. The third-order valence-electron chi connectivity index (χ3n) is 3.28. The summed E-state index contributed by atoms with van der Waals surface area (Å²) in [6, 6.07) is 0. The van der Waals surface area contributed by atoms with Crippen LogP contribution in [0, 0.1) is 11.3 Å². The largest absolute Gasteiger partial charge is 0.444 e. The zero-order chi connectivity index (χ0) is 12.0. The summed E-state index contributed by atoms with van der Waals surface area (Å²) in [4.78, 5) is 23.0. The molecule has 90 valence electrons. The predicted molar refractivity (Wildman–Crippen MR) is 59.0 cm³/mol. The predicted octanol–water partition coefficient (Wildman–Crippen LogP) is 1.88. The van der Waals surface area contributed by atoms with E-state index < -0.39 is 11.7 Å². The Bertz CT molecular complexity index is 326. The molecule has 2 saturated carbocycles.